The Balaban J connectivity index is 3.13. The van der Waals surface area contributed by atoms with E-state index in [0.29, 0.717) is 16.1 Å². The van der Waals surface area contributed by atoms with Crippen LogP contribution < -0.4 is 10.5 Å². The van der Waals surface area contributed by atoms with E-state index in [1.165, 1.54) is 0 Å². The minimum absolute atomic E-state index is 0.0175. The lowest BCUT2D eigenvalue weighted by Crippen LogP contribution is -2.34. The van der Waals surface area contributed by atoms with Crippen LogP contribution in [-0.4, -0.2) is 14.5 Å². The summed E-state index contributed by atoms with van der Waals surface area (Å²) < 4.78 is 27.6. The Labute approximate surface area is 116 Å². The Morgan fingerprint density at radius 2 is 1.89 bits per heavy atom. The third-order valence-corrected chi connectivity index (χ3v) is 4.93. The first-order chi connectivity index (χ1) is 8.81. The van der Waals surface area contributed by atoms with Crippen LogP contribution in [0.5, 0.6) is 0 Å². The summed E-state index contributed by atoms with van der Waals surface area (Å²) >= 11 is 0. The Hall–Kier alpha value is -1.07. The highest BCUT2D eigenvalue weighted by Gasteiger charge is 2.21. The lowest BCUT2D eigenvalue weighted by atomic mass is 10.1. The van der Waals surface area contributed by atoms with Gasteiger partial charge in [-0.3, -0.25) is 0 Å². The Bertz CT molecular complexity index is 539. The van der Waals surface area contributed by atoms with Gasteiger partial charge in [0.25, 0.3) is 0 Å². The van der Waals surface area contributed by atoms with Gasteiger partial charge in [-0.1, -0.05) is 20.3 Å². The minimum atomic E-state index is -3.50. The lowest BCUT2D eigenvalue weighted by Gasteiger charge is -2.18. The van der Waals surface area contributed by atoms with Gasteiger partial charge in [-0.2, -0.15) is 0 Å². The number of nitrogens with one attached hydrogen (secondary N) is 1. The molecule has 1 aromatic carbocycles. The van der Waals surface area contributed by atoms with Crippen LogP contribution in [-0.2, 0) is 10.0 Å². The van der Waals surface area contributed by atoms with E-state index in [9.17, 15) is 8.42 Å². The zero-order valence-corrected chi connectivity index (χ0v) is 13.0. The summed E-state index contributed by atoms with van der Waals surface area (Å²) in [6, 6.07) is 3.45. The molecule has 0 aromatic heterocycles. The van der Waals surface area contributed by atoms with Crippen molar-refractivity contribution < 1.29 is 8.42 Å². The topological polar surface area (TPSA) is 72.2 Å². The maximum Gasteiger partial charge on any atom is 0.241 e. The van der Waals surface area contributed by atoms with Crippen LogP contribution in [0.15, 0.2) is 17.0 Å². The summed E-state index contributed by atoms with van der Waals surface area (Å²) in [7, 11) is -3.50. The molecule has 0 amide bonds. The first kappa shape index (κ1) is 16.0. The first-order valence-electron chi connectivity index (χ1n) is 6.70. The second kappa shape index (κ2) is 6.39. The molecule has 1 aromatic rings. The zero-order valence-electron chi connectivity index (χ0n) is 12.2. The average Bonchev–Trinajstić information content (AvgIpc) is 2.32. The van der Waals surface area contributed by atoms with Crippen molar-refractivity contribution in [2.45, 2.75) is 57.9 Å². The largest absolute Gasteiger partial charge is 0.398 e. The summed E-state index contributed by atoms with van der Waals surface area (Å²) in [4.78, 5) is 0.291. The van der Waals surface area contributed by atoms with Gasteiger partial charge >= 0.3 is 0 Å². The Morgan fingerprint density at radius 3 is 2.42 bits per heavy atom. The van der Waals surface area contributed by atoms with Gasteiger partial charge in [-0.05, 0) is 49.9 Å². The third kappa shape index (κ3) is 3.94. The molecule has 0 saturated carbocycles. The van der Waals surface area contributed by atoms with E-state index in [2.05, 4.69) is 4.72 Å². The van der Waals surface area contributed by atoms with Crippen LogP contribution in [0.4, 0.5) is 5.69 Å². The lowest BCUT2D eigenvalue weighted by molar-refractivity contribution is 0.512. The number of sulfonamides is 1. The van der Waals surface area contributed by atoms with Crippen LogP contribution in [0.2, 0.25) is 0 Å². The van der Waals surface area contributed by atoms with E-state index >= 15 is 0 Å². The fourth-order valence-electron chi connectivity index (χ4n) is 2.11. The summed E-state index contributed by atoms with van der Waals surface area (Å²) in [6.07, 6.45) is 2.58. The number of hydrogen-bond donors (Lipinski definition) is 2. The van der Waals surface area contributed by atoms with Crippen molar-refractivity contribution in [1.29, 1.82) is 0 Å². The fraction of sp³-hybridized carbons (Fsp3) is 0.571. The van der Waals surface area contributed by atoms with E-state index in [0.717, 1.165) is 24.8 Å². The highest BCUT2D eigenvalue weighted by molar-refractivity contribution is 7.89. The van der Waals surface area contributed by atoms with E-state index in [1.807, 2.05) is 20.8 Å². The molecule has 4 nitrogen and oxygen atoms in total. The van der Waals surface area contributed by atoms with Crippen molar-refractivity contribution in [3.05, 3.63) is 23.3 Å². The van der Waals surface area contributed by atoms with E-state index < -0.39 is 10.0 Å². The number of anilines is 1. The Kier molecular flexibility index (Phi) is 5.38. The van der Waals surface area contributed by atoms with Crippen LogP contribution in [0.25, 0.3) is 0 Å². The number of aryl methyl sites for hydroxylation is 1. The molecule has 0 spiro atoms. The van der Waals surface area contributed by atoms with Crippen molar-refractivity contribution >= 4 is 15.7 Å². The molecule has 0 heterocycles. The van der Waals surface area contributed by atoms with Gasteiger partial charge in [0.2, 0.25) is 10.0 Å². The predicted molar refractivity (Wildman–Crippen MR) is 79.6 cm³/mol. The molecule has 1 atom stereocenters. The number of hydrogen-bond acceptors (Lipinski definition) is 3. The van der Waals surface area contributed by atoms with Crippen molar-refractivity contribution in [3.8, 4) is 0 Å². The quantitative estimate of drug-likeness (QED) is 0.789. The molecule has 0 bridgehead atoms. The predicted octanol–water partition coefficient (Wildman–Crippen LogP) is 2.74. The fourth-order valence-corrected chi connectivity index (χ4v) is 3.82. The summed E-state index contributed by atoms with van der Waals surface area (Å²) in [6.45, 7) is 7.62. The van der Waals surface area contributed by atoms with Gasteiger partial charge in [-0.25, -0.2) is 13.1 Å². The van der Waals surface area contributed by atoms with Crippen molar-refractivity contribution in [2.24, 2.45) is 0 Å². The first-order valence-corrected chi connectivity index (χ1v) is 8.19. The Morgan fingerprint density at radius 1 is 1.26 bits per heavy atom. The van der Waals surface area contributed by atoms with Crippen LogP contribution in [0.3, 0.4) is 0 Å². The van der Waals surface area contributed by atoms with Gasteiger partial charge in [0.15, 0.2) is 0 Å². The molecule has 19 heavy (non-hydrogen) atoms. The van der Waals surface area contributed by atoms with Gasteiger partial charge in [0.1, 0.15) is 0 Å². The number of nitrogen functional groups attached to an aromatic ring is 1. The third-order valence-electron chi connectivity index (χ3n) is 3.29. The number of rotatable bonds is 6. The van der Waals surface area contributed by atoms with Crippen LogP contribution in [0, 0.1) is 13.8 Å². The monoisotopic (exact) mass is 284 g/mol. The van der Waals surface area contributed by atoms with Crippen molar-refractivity contribution in [1.82, 2.24) is 4.72 Å². The molecule has 5 heteroatoms. The van der Waals surface area contributed by atoms with Crippen LogP contribution >= 0.6 is 0 Å². The molecule has 1 unspecified atom stereocenters. The van der Waals surface area contributed by atoms with Gasteiger partial charge in [0.05, 0.1) is 4.90 Å². The highest BCUT2D eigenvalue weighted by atomic mass is 32.2. The second-order valence-corrected chi connectivity index (χ2v) is 6.67. The number of nitrogens with two attached hydrogens (primary N) is 1. The molecule has 0 aliphatic heterocycles. The van der Waals surface area contributed by atoms with Gasteiger partial charge < -0.3 is 5.73 Å². The zero-order chi connectivity index (χ0) is 14.6. The van der Waals surface area contributed by atoms with Gasteiger partial charge in [0, 0.05) is 11.7 Å². The molecular formula is C14H24N2O2S. The average molecular weight is 284 g/mol. The van der Waals surface area contributed by atoms with Crippen molar-refractivity contribution in [2.75, 3.05) is 5.73 Å². The molecule has 0 fully saturated rings. The summed E-state index contributed by atoms with van der Waals surface area (Å²) in [5.74, 6) is 0. The summed E-state index contributed by atoms with van der Waals surface area (Å²) in [5, 5.41) is 0. The molecule has 0 saturated heterocycles. The maximum absolute atomic E-state index is 12.4. The smallest absolute Gasteiger partial charge is 0.241 e. The van der Waals surface area contributed by atoms with Crippen LogP contribution in [0.1, 0.15) is 44.2 Å². The second-order valence-electron chi connectivity index (χ2n) is 4.99. The van der Waals surface area contributed by atoms with E-state index in [-0.39, 0.29) is 6.04 Å². The normalized spacial score (nSPS) is 13.5. The highest BCUT2D eigenvalue weighted by Crippen LogP contribution is 2.23. The van der Waals surface area contributed by atoms with E-state index in [4.69, 9.17) is 5.73 Å². The standard InChI is InChI=1S/C14H24N2O2S/c1-5-7-12(6-2)16-19(17,18)14-9-10(3)8-13(15)11(14)4/h8-9,12,16H,5-7,15H2,1-4H3. The molecular weight excluding hydrogens is 260 g/mol. The molecule has 0 aliphatic carbocycles. The van der Waals surface area contributed by atoms with E-state index in [1.54, 1.807) is 19.1 Å². The van der Waals surface area contributed by atoms with Crippen molar-refractivity contribution in [3.63, 3.8) is 0 Å². The SMILES string of the molecule is CCCC(CC)NS(=O)(=O)c1cc(C)cc(N)c1C. The number of benzene rings is 1. The minimum Gasteiger partial charge on any atom is -0.398 e. The molecule has 108 valence electrons. The summed E-state index contributed by atoms with van der Waals surface area (Å²) in [5.41, 5.74) is 7.83. The molecule has 0 radical (unpaired) electrons. The molecule has 0 aliphatic rings. The maximum atomic E-state index is 12.4. The molecule has 1 rings (SSSR count). The van der Waals surface area contributed by atoms with Gasteiger partial charge in [-0.15, -0.1) is 0 Å². The molecule has 3 N–H and O–H groups in total.